The summed E-state index contributed by atoms with van der Waals surface area (Å²) in [7, 11) is 0. The standard InChI is InChI=1S/C20H31/c1-3-5-7-9-11-13-15-17-19-20-18-16-14-12-10-8-6-4-2/h1,3,5,7,9,11,13,15,17,19H,4,6,8,10,12,14,16,18,20H2,2H3/b3-1?,7-5+,11-9+,15-13+,19-17+. The van der Waals surface area contributed by atoms with Gasteiger partial charge in [-0.25, -0.2) is 0 Å². The summed E-state index contributed by atoms with van der Waals surface area (Å²) in [6.07, 6.45) is 30.0. The molecule has 0 heteroatoms. The highest BCUT2D eigenvalue weighted by Crippen LogP contribution is 2.09. The molecule has 0 aliphatic carbocycles. The second-order valence-electron chi connectivity index (χ2n) is 5.04. The minimum atomic E-state index is 1.20. The molecule has 0 unspecified atom stereocenters. The van der Waals surface area contributed by atoms with Gasteiger partial charge in [0.2, 0.25) is 0 Å². The molecule has 0 aromatic carbocycles. The second kappa shape index (κ2) is 17.7. The van der Waals surface area contributed by atoms with Gasteiger partial charge in [-0.1, -0.05) is 113 Å². The van der Waals surface area contributed by atoms with Crippen LogP contribution < -0.4 is 0 Å². The fourth-order valence-electron chi connectivity index (χ4n) is 1.96. The first kappa shape index (κ1) is 18.7. The number of hydrogen-bond acceptors (Lipinski definition) is 0. The molecule has 0 atom stereocenters. The van der Waals surface area contributed by atoms with Crippen LogP contribution in [0.3, 0.4) is 0 Å². The van der Waals surface area contributed by atoms with Gasteiger partial charge in [0.15, 0.2) is 0 Å². The molecule has 0 N–H and O–H groups in total. The van der Waals surface area contributed by atoms with Crippen molar-refractivity contribution in [1.29, 1.82) is 0 Å². The van der Waals surface area contributed by atoms with Crippen molar-refractivity contribution in [2.75, 3.05) is 0 Å². The van der Waals surface area contributed by atoms with Gasteiger partial charge in [-0.05, 0) is 12.8 Å². The van der Waals surface area contributed by atoms with Gasteiger partial charge in [-0.3, -0.25) is 0 Å². The van der Waals surface area contributed by atoms with Crippen LogP contribution in [0.5, 0.6) is 0 Å². The van der Waals surface area contributed by atoms with Crippen molar-refractivity contribution in [1.82, 2.24) is 0 Å². The Kier molecular flexibility index (Phi) is 16.5. The lowest BCUT2D eigenvalue weighted by molar-refractivity contribution is 0.577. The minimum absolute atomic E-state index is 1.20. The summed E-state index contributed by atoms with van der Waals surface area (Å²) in [5, 5.41) is 0. The SMILES string of the molecule is [CH]=C/C=C/C=C/C=C/C=C/CCCCCCCCCC. The first-order valence-corrected chi connectivity index (χ1v) is 8.12. The second-order valence-corrected chi connectivity index (χ2v) is 5.04. The van der Waals surface area contributed by atoms with E-state index in [1.54, 1.807) is 0 Å². The third-order valence-corrected chi connectivity index (χ3v) is 3.14. The maximum absolute atomic E-state index is 5.21. The Morgan fingerprint density at radius 3 is 1.70 bits per heavy atom. The molecule has 0 saturated carbocycles. The molecule has 0 bridgehead atoms. The fraction of sp³-hybridized carbons (Fsp3) is 0.500. The zero-order valence-electron chi connectivity index (χ0n) is 13.1. The highest BCUT2D eigenvalue weighted by atomic mass is 14.0. The average Bonchev–Trinajstić information content (AvgIpc) is 2.47. The summed E-state index contributed by atoms with van der Waals surface area (Å²) in [5.41, 5.74) is 0. The molecule has 20 heavy (non-hydrogen) atoms. The van der Waals surface area contributed by atoms with Crippen LogP contribution in [-0.4, -0.2) is 0 Å². The highest BCUT2D eigenvalue weighted by Gasteiger charge is 1.89. The Hall–Kier alpha value is -1.30. The molecule has 0 saturated heterocycles. The summed E-state index contributed by atoms with van der Waals surface area (Å²) in [5.74, 6) is 0. The van der Waals surface area contributed by atoms with Crippen molar-refractivity contribution in [2.45, 2.75) is 64.7 Å². The molecule has 111 valence electrons. The van der Waals surface area contributed by atoms with E-state index in [0.717, 1.165) is 0 Å². The Balaban J connectivity index is 3.31. The van der Waals surface area contributed by atoms with Crippen molar-refractivity contribution >= 4 is 0 Å². The first-order chi connectivity index (χ1) is 9.91. The maximum atomic E-state index is 5.21. The molecule has 0 nitrogen and oxygen atoms in total. The lowest BCUT2D eigenvalue weighted by Crippen LogP contribution is -1.79. The number of allylic oxidation sites excluding steroid dienone is 9. The molecule has 0 aliphatic heterocycles. The number of unbranched alkanes of at least 4 members (excludes halogenated alkanes) is 8. The first-order valence-electron chi connectivity index (χ1n) is 8.12. The van der Waals surface area contributed by atoms with Crippen molar-refractivity contribution in [3.05, 3.63) is 61.3 Å². The molecule has 1 radical (unpaired) electrons. The summed E-state index contributed by atoms with van der Waals surface area (Å²) in [4.78, 5) is 0. The third-order valence-electron chi connectivity index (χ3n) is 3.14. The van der Waals surface area contributed by atoms with Gasteiger partial charge < -0.3 is 0 Å². The van der Waals surface area contributed by atoms with Crippen molar-refractivity contribution in [3.8, 4) is 0 Å². The zero-order valence-corrected chi connectivity index (χ0v) is 13.1. The van der Waals surface area contributed by atoms with E-state index in [1.807, 2.05) is 30.4 Å². The van der Waals surface area contributed by atoms with E-state index in [-0.39, 0.29) is 0 Å². The van der Waals surface area contributed by atoms with Crippen LogP contribution in [0, 0.1) is 6.58 Å². The summed E-state index contributed by atoms with van der Waals surface area (Å²) < 4.78 is 0. The van der Waals surface area contributed by atoms with Crippen LogP contribution >= 0.6 is 0 Å². The molecule has 0 rings (SSSR count). The molecular weight excluding hydrogens is 240 g/mol. The van der Waals surface area contributed by atoms with Crippen LogP contribution in [0.2, 0.25) is 0 Å². The normalized spacial score (nSPS) is 12.4. The van der Waals surface area contributed by atoms with E-state index in [2.05, 4.69) is 25.2 Å². The van der Waals surface area contributed by atoms with Crippen molar-refractivity contribution < 1.29 is 0 Å². The average molecular weight is 271 g/mol. The molecule has 0 heterocycles. The largest absolute Gasteiger partial charge is 0.0845 e. The summed E-state index contributed by atoms with van der Waals surface area (Å²) in [6, 6.07) is 0. The van der Waals surface area contributed by atoms with E-state index >= 15 is 0 Å². The summed E-state index contributed by atoms with van der Waals surface area (Å²) >= 11 is 0. The van der Waals surface area contributed by atoms with E-state index < -0.39 is 0 Å². The van der Waals surface area contributed by atoms with Gasteiger partial charge >= 0.3 is 0 Å². The van der Waals surface area contributed by atoms with Crippen molar-refractivity contribution in [2.24, 2.45) is 0 Å². The third kappa shape index (κ3) is 16.7. The predicted octanol–water partition coefficient (Wildman–Crippen LogP) is 6.73. The highest BCUT2D eigenvalue weighted by molar-refractivity contribution is 5.16. The lowest BCUT2D eigenvalue weighted by Gasteiger charge is -1.99. The van der Waals surface area contributed by atoms with Gasteiger partial charge in [-0.15, -0.1) is 0 Å². The van der Waals surface area contributed by atoms with E-state index in [9.17, 15) is 0 Å². The van der Waals surface area contributed by atoms with Gasteiger partial charge in [-0.2, -0.15) is 0 Å². The van der Waals surface area contributed by atoms with E-state index in [4.69, 9.17) is 6.58 Å². The van der Waals surface area contributed by atoms with Gasteiger partial charge in [0.05, 0.1) is 0 Å². The van der Waals surface area contributed by atoms with Crippen LogP contribution in [0.4, 0.5) is 0 Å². The quantitative estimate of drug-likeness (QED) is 0.257. The molecule has 0 aromatic heterocycles. The van der Waals surface area contributed by atoms with Crippen LogP contribution in [0.25, 0.3) is 0 Å². The minimum Gasteiger partial charge on any atom is -0.0845 e. The molecule has 0 spiro atoms. The fourth-order valence-corrected chi connectivity index (χ4v) is 1.96. The Labute approximate surface area is 126 Å². The molecule has 0 fully saturated rings. The predicted molar refractivity (Wildman–Crippen MR) is 92.7 cm³/mol. The van der Waals surface area contributed by atoms with Gasteiger partial charge in [0.1, 0.15) is 0 Å². The number of rotatable bonds is 13. The Morgan fingerprint density at radius 1 is 0.600 bits per heavy atom. The smallest absolute Gasteiger partial charge is 0.0348 e. The summed E-state index contributed by atoms with van der Waals surface area (Å²) in [6.45, 7) is 7.48. The molecule has 0 amide bonds. The van der Waals surface area contributed by atoms with Gasteiger partial charge in [0.25, 0.3) is 0 Å². The molecular formula is C20H31. The van der Waals surface area contributed by atoms with Crippen LogP contribution in [-0.2, 0) is 0 Å². The van der Waals surface area contributed by atoms with Crippen LogP contribution in [0.15, 0.2) is 54.7 Å². The van der Waals surface area contributed by atoms with Crippen molar-refractivity contribution in [3.63, 3.8) is 0 Å². The molecule has 0 aromatic rings. The lowest BCUT2D eigenvalue weighted by atomic mass is 10.1. The zero-order chi connectivity index (χ0) is 14.7. The Bertz CT molecular complexity index is 302. The Morgan fingerprint density at radius 2 is 1.10 bits per heavy atom. The van der Waals surface area contributed by atoms with Gasteiger partial charge in [0, 0.05) is 0 Å². The van der Waals surface area contributed by atoms with E-state index in [1.165, 1.54) is 63.9 Å². The topological polar surface area (TPSA) is 0 Å². The number of hydrogen-bond donors (Lipinski definition) is 0. The van der Waals surface area contributed by atoms with E-state index in [0.29, 0.717) is 0 Å². The monoisotopic (exact) mass is 271 g/mol. The van der Waals surface area contributed by atoms with Crippen LogP contribution in [0.1, 0.15) is 64.7 Å². The molecule has 0 aliphatic rings. The maximum Gasteiger partial charge on any atom is -0.0348 e.